The lowest BCUT2D eigenvalue weighted by Gasteiger charge is -2.11. The third-order valence-electron chi connectivity index (χ3n) is 3.55. The topological polar surface area (TPSA) is 21.3 Å². The summed E-state index contributed by atoms with van der Waals surface area (Å²) in [4.78, 5) is 0. The molecule has 1 N–H and O–H groups in total. The van der Waals surface area contributed by atoms with Gasteiger partial charge in [-0.3, -0.25) is 0 Å². The summed E-state index contributed by atoms with van der Waals surface area (Å²) in [7, 11) is 1.73. The van der Waals surface area contributed by atoms with Gasteiger partial charge in [-0.2, -0.15) is 0 Å². The van der Waals surface area contributed by atoms with Crippen LogP contribution in [-0.4, -0.2) is 13.2 Å². The minimum atomic E-state index is 0.713. The zero-order valence-electron chi connectivity index (χ0n) is 11.2. The molecule has 0 atom stereocenters. The molecular weight excluding hydrogens is 234 g/mol. The maximum Gasteiger partial charge on any atom is 0.123 e. The first-order valence-electron chi connectivity index (χ1n) is 6.82. The highest BCUT2D eigenvalue weighted by Gasteiger charge is 2.20. The maximum absolute atomic E-state index is 5.45. The predicted molar refractivity (Wildman–Crippen MR) is 78.3 cm³/mol. The van der Waals surface area contributed by atoms with E-state index in [9.17, 15) is 0 Å². The molecule has 1 aliphatic rings. The molecule has 0 amide bonds. The van der Waals surface area contributed by atoms with Gasteiger partial charge in [0.25, 0.3) is 0 Å². The van der Waals surface area contributed by atoms with Crippen molar-refractivity contribution >= 4 is 0 Å². The second-order valence-corrected chi connectivity index (χ2v) is 5.05. The number of nitrogens with one attached hydrogen (secondary N) is 1. The van der Waals surface area contributed by atoms with E-state index in [0.29, 0.717) is 6.04 Å². The van der Waals surface area contributed by atoms with Gasteiger partial charge >= 0.3 is 0 Å². The van der Waals surface area contributed by atoms with Crippen LogP contribution in [0, 0.1) is 0 Å². The van der Waals surface area contributed by atoms with Crippen LogP contribution < -0.4 is 10.1 Å². The van der Waals surface area contributed by atoms with Gasteiger partial charge in [-0.15, -0.1) is 0 Å². The van der Waals surface area contributed by atoms with E-state index in [1.807, 2.05) is 6.07 Å². The van der Waals surface area contributed by atoms with Crippen molar-refractivity contribution in [2.24, 2.45) is 0 Å². The highest BCUT2D eigenvalue weighted by molar-refractivity contribution is 5.65. The van der Waals surface area contributed by atoms with Gasteiger partial charge in [0.15, 0.2) is 0 Å². The molecule has 1 saturated carbocycles. The molecule has 1 fully saturated rings. The Hall–Kier alpha value is -1.80. The molecule has 98 valence electrons. The third kappa shape index (κ3) is 2.96. The molecule has 0 bridgehead atoms. The zero-order valence-corrected chi connectivity index (χ0v) is 11.2. The number of rotatable bonds is 5. The molecule has 2 aromatic carbocycles. The fourth-order valence-corrected chi connectivity index (χ4v) is 2.27. The summed E-state index contributed by atoms with van der Waals surface area (Å²) >= 11 is 0. The van der Waals surface area contributed by atoms with Crippen molar-refractivity contribution in [3.63, 3.8) is 0 Å². The van der Waals surface area contributed by atoms with Gasteiger partial charge in [-0.25, -0.2) is 0 Å². The largest absolute Gasteiger partial charge is 0.496 e. The van der Waals surface area contributed by atoms with Gasteiger partial charge in [0.1, 0.15) is 5.75 Å². The van der Waals surface area contributed by atoms with Gasteiger partial charge in [0.05, 0.1) is 7.11 Å². The number of hydrogen-bond donors (Lipinski definition) is 1. The maximum atomic E-state index is 5.45. The molecule has 19 heavy (non-hydrogen) atoms. The predicted octanol–water partition coefficient (Wildman–Crippen LogP) is 3.61. The Morgan fingerprint density at radius 2 is 1.84 bits per heavy atom. The van der Waals surface area contributed by atoms with Crippen LogP contribution in [0.3, 0.4) is 0 Å². The van der Waals surface area contributed by atoms with Gasteiger partial charge in [0, 0.05) is 18.2 Å². The molecule has 0 unspecified atom stereocenters. The molecule has 0 aromatic heterocycles. The van der Waals surface area contributed by atoms with Crippen molar-refractivity contribution in [2.75, 3.05) is 7.11 Å². The smallest absolute Gasteiger partial charge is 0.123 e. The molecule has 0 heterocycles. The van der Waals surface area contributed by atoms with Gasteiger partial charge in [-0.05, 0) is 36.1 Å². The molecule has 0 aliphatic heterocycles. The Morgan fingerprint density at radius 1 is 1.05 bits per heavy atom. The third-order valence-corrected chi connectivity index (χ3v) is 3.55. The van der Waals surface area contributed by atoms with E-state index in [2.05, 4.69) is 47.8 Å². The quantitative estimate of drug-likeness (QED) is 0.878. The number of methoxy groups -OCH3 is 1. The monoisotopic (exact) mass is 253 g/mol. The number of hydrogen-bond acceptors (Lipinski definition) is 2. The molecule has 2 nitrogen and oxygen atoms in total. The van der Waals surface area contributed by atoms with Gasteiger partial charge in [-0.1, -0.05) is 36.4 Å². The van der Waals surface area contributed by atoms with Crippen LogP contribution in [0.4, 0.5) is 0 Å². The summed E-state index contributed by atoms with van der Waals surface area (Å²) in [5.41, 5.74) is 3.72. The summed E-state index contributed by atoms with van der Waals surface area (Å²) in [6, 6.07) is 17.6. The van der Waals surface area contributed by atoms with E-state index in [4.69, 9.17) is 4.74 Å². The standard InChI is InChI=1S/C17H19NO/c1-19-17-10-7-14(13-5-3-2-4-6-13)11-15(17)12-18-16-8-9-16/h2-7,10-11,16,18H,8-9,12H2,1H3. The fourth-order valence-electron chi connectivity index (χ4n) is 2.27. The first kappa shape index (κ1) is 12.2. The van der Waals surface area contributed by atoms with Crippen LogP contribution >= 0.6 is 0 Å². The SMILES string of the molecule is COc1ccc(-c2ccccc2)cc1CNC1CC1. The molecule has 3 rings (SSSR count). The van der Waals surface area contributed by atoms with Crippen LogP contribution in [0.1, 0.15) is 18.4 Å². The van der Waals surface area contributed by atoms with E-state index in [1.165, 1.54) is 29.5 Å². The van der Waals surface area contributed by atoms with E-state index < -0.39 is 0 Å². The number of benzene rings is 2. The van der Waals surface area contributed by atoms with Gasteiger partial charge < -0.3 is 10.1 Å². The van der Waals surface area contributed by atoms with Crippen molar-refractivity contribution in [1.29, 1.82) is 0 Å². The Bertz CT molecular complexity index is 546. The Kier molecular flexibility index (Phi) is 3.51. The second kappa shape index (κ2) is 5.45. The lowest BCUT2D eigenvalue weighted by atomic mass is 10.0. The van der Waals surface area contributed by atoms with Crippen LogP contribution in [0.25, 0.3) is 11.1 Å². The molecule has 1 aliphatic carbocycles. The molecule has 0 radical (unpaired) electrons. The summed E-state index contributed by atoms with van der Waals surface area (Å²) in [5, 5.41) is 3.55. The summed E-state index contributed by atoms with van der Waals surface area (Å²) in [6.07, 6.45) is 2.61. The summed E-state index contributed by atoms with van der Waals surface area (Å²) in [5.74, 6) is 0.966. The first-order valence-corrected chi connectivity index (χ1v) is 6.82. The minimum Gasteiger partial charge on any atom is -0.496 e. The van der Waals surface area contributed by atoms with Crippen molar-refractivity contribution in [3.05, 3.63) is 54.1 Å². The van der Waals surface area contributed by atoms with Crippen LogP contribution in [0.5, 0.6) is 5.75 Å². The van der Waals surface area contributed by atoms with E-state index in [-0.39, 0.29) is 0 Å². The highest BCUT2D eigenvalue weighted by atomic mass is 16.5. The van der Waals surface area contributed by atoms with E-state index in [0.717, 1.165) is 12.3 Å². The highest BCUT2D eigenvalue weighted by Crippen LogP contribution is 2.27. The zero-order chi connectivity index (χ0) is 13.1. The second-order valence-electron chi connectivity index (χ2n) is 5.05. The average molecular weight is 253 g/mol. The van der Waals surface area contributed by atoms with E-state index >= 15 is 0 Å². The average Bonchev–Trinajstić information content (AvgIpc) is 3.30. The lowest BCUT2D eigenvalue weighted by Crippen LogP contribution is -2.15. The van der Waals surface area contributed by atoms with Crippen molar-refractivity contribution in [2.45, 2.75) is 25.4 Å². The molecular formula is C17H19NO. The van der Waals surface area contributed by atoms with Crippen molar-refractivity contribution in [1.82, 2.24) is 5.32 Å². The molecule has 0 spiro atoms. The Morgan fingerprint density at radius 3 is 2.53 bits per heavy atom. The fraction of sp³-hybridized carbons (Fsp3) is 0.294. The molecule has 2 aromatic rings. The Labute approximate surface area is 114 Å². The number of ether oxygens (including phenoxy) is 1. The minimum absolute atomic E-state index is 0.713. The van der Waals surface area contributed by atoms with Crippen LogP contribution in [-0.2, 0) is 6.54 Å². The normalized spacial score (nSPS) is 14.4. The van der Waals surface area contributed by atoms with Crippen molar-refractivity contribution in [3.8, 4) is 16.9 Å². The molecule has 0 saturated heterocycles. The van der Waals surface area contributed by atoms with E-state index in [1.54, 1.807) is 7.11 Å². The van der Waals surface area contributed by atoms with Crippen LogP contribution in [0.15, 0.2) is 48.5 Å². The summed E-state index contributed by atoms with van der Waals surface area (Å²) < 4.78 is 5.45. The first-order chi connectivity index (χ1) is 9.36. The summed E-state index contributed by atoms with van der Waals surface area (Å²) in [6.45, 7) is 0.883. The lowest BCUT2D eigenvalue weighted by molar-refractivity contribution is 0.407. The van der Waals surface area contributed by atoms with Crippen molar-refractivity contribution < 1.29 is 4.74 Å². The van der Waals surface area contributed by atoms with Crippen LogP contribution in [0.2, 0.25) is 0 Å². The molecule has 2 heteroatoms. The Balaban J connectivity index is 1.87. The van der Waals surface area contributed by atoms with Gasteiger partial charge in [0.2, 0.25) is 0 Å².